The molecule has 1 aromatic heterocycles. The lowest BCUT2D eigenvalue weighted by atomic mass is 10.3. The molecule has 0 atom stereocenters. The summed E-state index contributed by atoms with van der Waals surface area (Å²) in [4.78, 5) is -0.0352. The molecular weight excluding hydrogens is 360 g/mol. The van der Waals surface area contributed by atoms with E-state index in [0.29, 0.717) is 17.1 Å². The fraction of sp³-hybridized carbons (Fsp3) is 0.250. The molecule has 0 amide bonds. The summed E-state index contributed by atoms with van der Waals surface area (Å²) in [6.45, 7) is 1.63. The molecule has 2 aromatic rings. The monoisotopic (exact) mass is 374 g/mol. The van der Waals surface area contributed by atoms with Gasteiger partial charge in [-0.05, 0) is 25.1 Å². The number of nitrogens with zero attached hydrogens (tertiary/aromatic N) is 2. The maximum atomic E-state index is 12.5. The van der Waals surface area contributed by atoms with Crippen LogP contribution in [0.1, 0.15) is 5.69 Å². The standard InChI is InChI=1S/C12H15BrN4O3S/c1-7-11(12(14)15-17(7)2)21(18,19)16-9-6-8(13)4-5-10(9)20-3/h4-6,16H,1-3H3,(H2,14,15). The molecule has 0 unspecified atom stereocenters. The molecule has 21 heavy (non-hydrogen) atoms. The number of sulfonamides is 1. The maximum Gasteiger partial charge on any atom is 0.267 e. The Morgan fingerprint density at radius 1 is 1.43 bits per heavy atom. The van der Waals surface area contributed by atoms with Gasteiger partial charge in [0.1, 0.15) is 5.75 Å². The van der Waals surface area contributed by atoms with Crippen molar-refractivity contribution in [3.05, 3.63) is 28.4 Å². The highest BCUT2D eigenvalue weighted by Crippen LogP contribution is 2.31. The molecule has 9 heteroatoms. The van der Waals surface area contributed by atoms with E-state index in [1.165, 1.54) is 11.8 Å². The van der Waals surface area contributed by atoms with Crippen LogP contribution >= 0.6 is 15.9 Å². The highest BCUT2D eigenvalue weighted by molar-refractivity contribution is 9.10. The summed E-state index contributed by atoms with van der Waals surface area (Å²) in [5.74, 6) is 0.360. The third kappa shape index (κ3) is 2.98. The zero-order valence-corrected chi connectivity index (χ0v) is 14.1. The van der Waals surface area contributed by atoms with E-state index < -0.39 is 10.0 Å². The third-order valence-electron chi connectivity index (χ3n) is 2.98. The number of aryl methyl sites for hydroxylation is 1. The largest absolute Gasteiger partial charge is 0.495 e. The normalized spacial score (nSPS) is 11.4. The number of nitrogen functional groups attached to an aromatic ring is 1. The van der Waals surface area contributed by atoms with Crippen LogP contribution in [0.2, 0.25) is 0 Å². The van der Waals surface area contributed by atoms with E-state index in [4.69, 9.17) is 10.5 Å². The zero-order chi connectivity index (χ0) is 15.8. The Kier molecular flexibility index (Phi) is 4.15. The summed E-state index contributed by atoms with van der Waals surface area (Å²) in [6.07, 6.45) is 0. The molecule has 0 radical (unpaired) electrons. The van der Waals surface area contributed by atoms with Crippen LogP contribution in [0, 0.1) is 6.92 Å². The number of aromatic nitrogens is 2. The Labute approximate surface area is 131 Å². The summed E-state index contributed by atoms with van der Waals surface area (Å²) in [5, 5.41) is 3.91. The fourth-order valence-electron chi connectivity index (χ4n) is 1.90. The van der Waals surface area contributed by atoms with E-state index in [1.807, 2.05) is 0 Å². The Hall–Kier alpha value is -1.74. The van der Waals surface area contributed by atoms with Crippen molar-refractivity contribution in [2.24, 2.45) is 7.05 Å². The number of nitrogens with two attached hydrogens (primary N) is 1. The van der Waals surface area contributed by atoms with E-state index in [-0.39, 0.29) is 10.7 Å². The van der Waals surface area contributed by atoms with Gasteiger partial charge in [-0.3, -0.25) is 9.40 Å². The minimum absolute atomic E-state index is 0.0352. The van der Waals surface area contributed by atoms with Crippen LogP contribution in [0.3, 0.4) is 0 Å². The van der Waals surface area contributed by atoms with E-state index in [0.717, 1.165) is 4.47 Å². The number of rotatable bonds is 4. The van der Waals surface area contributed by atoms with Gasteiger partial charge < -0.3 is 10.5 Å². The summed E-state index contributed by atoms with van der Waals surface area (Å²) in [6, 6.07) is 5.01. The lowest BCUT2D eigenvalue weighted by Crippen LogP contribution is -2.16. The quantitative estimate of drug-likeness (QED) is 0.850. The molecule has 0 aliphatic rings. The van der Waals surface area contributed by atoms with E-state index in [2.05, 4.69) is 25.8 Å². The van der Waals surface area contributed by atoms with Crippen molar-refractivity contribution in [3.8, 4) is 5.75 Å². The van der Waals surface area contributed by atoms with Gasteiger partial charge in [-0.2, -0.15) is 5.10 Å². The van der Waals surface area contributed by atoms with Gasteiger partial charge in [-0.15, -0.1) is 0 Å². The highest BCUT2D eigenvalue weighted by atomic mass is 79.9. The van der Waals surface area contributed by atoms with Gasteiger partial charge in [-0.1, -0.05) is 15.9 Å². The molecule has 7 nitrogen and oxygen atoms in total. The first-order chi connectivity index (χ1) is 9.76. The van der Waals surface area contributed by atoms with E-state index in [1.54, 1.807) is 32.2 Å². The van der Waals surface area contributed by atoms with Gasteiger partial charge in [0.25, 0.3) is 10.0 Å². The second-order valence-corrected chi connectivity index (χ2v) is 6.91. The van der Waals surface area contributed by atoms with Crippen molar-refractivity contribution in [1.29, 1.82) is 0 Å². The number of hydrogen-bond acceptors (Lipinski definition) is 5. The summed E-state index contributed by atoms with van der Waals surface area (Å²) in [5.41, 5.74) is 6.46. The summed E-state index contributed by atoms with van der Waals surface area (Å²) in [7, 11) is -0.770. The first-order valence-corrected chi connectivity index (χ1v) is 8.19. The number of ether oxygens (including phenoxy) is 1. The number of nitrogens with one attached hydrogen (secondary N) is 1. The molecule has 0 saturated carbocycles. The predicted molar refractivity (Wildman–Crippen MR) is 83.9 cm³/mol. The summed E-state index contributed by atoms with van der Waals surface area (Å²) >= 11 is 3.29. The Morgan fingerprint density at radius 3 is 2.62 bits per heavy atom. The van der Waals surface area contributed by atoms with Gasteiger partial charge in [0.2, 0.25) is 0 Å². The van der Waals surface area contributed by atoms with Crippen LogP contribution < -0.4 is 15.2 Å². The molecule has 0 aliphatic carbocycles. The van der Waals surface area contributed by atoms with Gasteiger partial charge in [0, 0.05) is 11.5 Å². The second kappa shape index (κ2) is 5.57. The molecule has 1 heterocycles. The number of anilines is 2. The van der Waals surface area contributed by atoms with Crippen molar-refractivity contribution >= 4 is 37.5 Å². The van der Waals surface area contributed by atoms with Crippen LogP contribution in [0.25, 0.3) is 0 Å². The molecule has 0 spiro atoms. The first-order valence-electron chi connectivity index (χ1n) is 5.91. The van der Waals surface area contributed by atoms with Gasteiger partial charge >= 0.3 is 0 Å². The minimum atomic E-state index is -3.86. The Morgan fingerprint density at radius 2 is 2.10 bits per heavy atom. The van der Waals surface area contributed by atoms with Crippen molar-refractivity contribution in [1.82, 2.24) is 9.78 Å². The van der Waals surface area contributed by atoms with Gasteiger partial charge in [0.15, 0.2) is 10.7 Å². The Bertz CT molecular complexity index is 786. The van der Waals surface area contributed by atoms with Gasteiger partial charge in [0.05, 0.1) is 18.5 Å². The number of halogens is 1. The van der Waals surface area contributed by atoms with Crippen molar-refractivity contribution in [2.75, 3.05) is 17.6 Å². The first kappa shape index (κ1) is 15.6. The molecule has 2 rings (SSSR count). The molecule has 0 aliphatic heterocycles. The predicted octanol–water partition coefficient (Wildman–Crippen LogP) is 1.88. The SMILES string of the molecule is COc1ccc(Br)cc1NS(=O)(=O)c1c(N)nn(C)c1C. The third-order valence-corrected chi connectivity index (χ3v) is 5.00. The summed E-state index contributed by atoms with van der Waals surface area (Å²) < 4.78 is 34.8. The molecule has 0 fully saturated rings. The average molecular weight is 375 g/mol. The van der Waals surface area contributed by atoms with Crippen LogP contribution in [0.4, 0.5) is 11.5 Å². The molecule has 1 aromatic carbocycles. The highest BCUT2D eigenvalue weighted by Gasteiger charge is 2.25. The molecule has 0 saturated heterocycles. The van der Waals surface area contributed by atoms with Crippen LogP contribution in [0.5, 0.6) is 5.75 Å². The number of hydrogen-bond donors (Lipinski definition) is 2. The fourth-order valence-corrected chi connectivity index (χ4v) is 3.65. The molecular formula is C12H15BrN4O3S. The second-order valence-electron chi connectivity index (χ2n) is 4.37. The smallest absolute Gasteiger partial charge is 0.267 e. The zero-order valence-electron chi connectivity index (χ0n) is 11.7. The van der Waals surface area contributed by atoms with E-state index in [9.17, 15) is 8.42 Å². The lowest BCUT2D eigenvalue weighted by molar-refractivity contribution is 0.417. The van der Waals surface area contributed by atoms with E-state index >= 15 is 0 Å². The minimum Gasteiger partial charge on any atom is -0.495 e. The average Bonchev–Trinajstić information content (AvgIpc) is 2.63. The Balaban J connectivity index is 2.50. The van der Waals surface area contributed by atoms with Crippen molar-refractivity contribution in [2.45, 2.75) is 11.8 Å². The molecule has 0 bridgehead atoms. The maximum absolute atomic E-state index is 12.5. The van der Waals surface area contributed by atoms with Crippen LogP contribution in [-0.4, -0.2) is 25.3 Å². The molecule has 114 valence electrons. The number of methoxy groups -OCH3 is 1. The van der Waals surface area contributed by atoms with Crippen molar-refractivity contribution in [3.63, 3.8) is 0 Å². The van der Waals surface area contributed by atoms with Crippen LogP contribution in [-0.2, 0) is 17.1 Å². The van der Waals surface area contributed by atoms with Crippen LogP contribution in [0.15, 0.2) is 27.6 Å². The lowest BCUT2D eigenvalue weighted by Gasteiger charge is -2.12. The molecule has 3 N–H and O–H groups in total. The number of benzene rings is 1. The van der Waals surface area contributed by atoms with Crippen molar-refractivity contribution < 1.29 is 13.2 Å². The van der Waals surface area contributed by atoms with Gasteiger partial charge in [-0.25, -0.2) is 8.42 Å². The topological polar surface area (TPSA) is 99.2 Å².